The van der Waals surface area contributed by atoms with Gasteiger partial charge in [-0.2, -0.15) is 13.2 Å². The van der Waals surface area contributed by atoms with Crippen LogP contribution in [0.15, 0.2) is 47.4 Å². The predicted octanol–water partition coefficient (Wildman–Crippen LogP) is 4.83. The summed E-state index contributed by atoms with van der Waals surface area (Å²) in [5.74, 6) is 6.73. The number of hydrogen-bond acceptors (Lipinski definition) is 8. The molecule has 246 valence electrons. The fraction of sp³-hybridized carbons (Fsp3) is 0.484. The Hall–Kier alpha value is -3.41. The minimum atomic E-state index is -4.40. The largest absolute Gasteiger partial charge is 0.495 e. The summed E-state index contributed by atoms with van der Waals surface area (Å²) in [4.78, 5) is 0.121. The van der Waals surface area contributed by atoms with Crippen LogP contribution in [0.25, 0.3) is 10.9 Å². The first-order chi connectivity index (χ1) is 21.3. The summed E-state index contributed by atoms with van der Waals surface area (Å²) in [6.07, 6.45) is 2.31. The van der Waals surface area contributed by atoms with Crippen molar-refractivity contribution in [3.8, 4) is 17.6 Å². The van der Waals surface area contributed by atoms with Crippen LogP contribution in [0.5, 0.6) is 5.75 Å². The molecule has 1 aliphatic carbocycles. The lowest BCUT2D eigenvalue weighted by molar-refractivity contribution is -0.140. The molecule has 1 saturated carbocycles. The smallest absolute Gasteiger partial charge is 0.406 e. The molecule has 2 aromatic carbocycles. The standard InChI is InChI=1S/C27H30F3N3O3S.C4H9NO2S/c1-36-26-17-21(37(2,34)35)13-14-24(26)31-15-7-10-20-16-22-23(32-19-8-4-3-5-9-19)11-6-12-25(22)33(20)18-27(28,29)30;6-8(7)3-1-5-2-4-8/h6,11-14,16-17,19,31-32H,3-5,8-9,15,18H2,1-2H3;5H,1-4H2. The van der Waals surface area contributed by atoms with E-state index in [4.69, 9.17) is 4.74 Å². The highest BCUT2D eigenvalue weighted by Crippen LogP contribution is 2.32. The summed E-state index contributed by atoms with van der Waals surface area (Å²) in [5.41, 5.74) is 2.10. The minimum Gasteiger partial charge on any atom is -0.495 e. The van der Waals surface area contributed by atoms with Crippen molar-refractivity contribution in [1.82, 2.24) is 9.88 Å². The van der Waals surface area contributed by atoms with Gasteiger partial charge in [-0.1, -0.05) is 31.2 Å². The molecule has 3 aromatic rings. The van der Waals surface area contributed by atoms with E-state index in [0.29, 0.717) is 53.0 Å². The van der Waals surface area contributed by atoms with Gasteiger partial charge in [0, 0.05) is 42.5 Å². The Morgan fingerprint density at radius 3 is 2.36 bits per heavy atom. The van der Waals surface area contributed by atoms with E-state index in [0.717, 1.165) is 37.6 Å². The fourth-order valence-electron chi connectivity index (χ4n) is 5.34. The summed E-state index contributed by atoms with van der Waals surface area (Å²) >= 11 is 0. The van der Waals surface area contributed by atoms with Crippen molar-refractivity contribution in [3.63, 3.8) is 0 Å². The van der Waals surface area contributed by atoms with Crippen molar-refractivity contribution in [3.05, 3.63) is 48.2 Å². The molecule has 9 nitrogen and oxygen atoms in total. The fourth-order valence-corrected chi connectivity index (χ4v) is 7.09. The van der Waals surface area contributed by atoms with Gasteiger partial charge >= 0.3 is 6.18 Å². The lowest BCUT2D eigenvalue weighted by atomic mass is 9.95. The monoisotopic (exact) mass is 668 g/mol. The van der Waals surface area contributed by atoms with Crippen LogP contribution < -0.4 is 20.7 Å². The Morgan fingerprint density at radius 1 is 1.04 bits per heavy atom. The van der Waals surface area contributed by atoms with Gasteiger partial charge in [-0.15, -0.1) is 0 Å². The van der Waals surface area contributed by atoms with E-state index in [2.05, 4.69) is 27.8 Å². The molecule has 0 unspecified atom stereocenters. The van der Waals surface area contributed by atoms with E-state index >= 15 is 0 Å². The Labute approximate surface area is 262 Å². The maximum absolute atomic E-state index is 13.5. The van der Waals surface area contributed by atoms with Crippen LogP contribution in [0.1, 0.15) is 37.8 Å². The topological polar surface area (TPSA) is 119 Å². The molecular formula is C31H39F3N4O5S2. The lowest BCUT2D eigenvalue weighted by Crippen LogP contribution is -2.35. The van der Waals surface area contributed by atoms with E-state index in [1.807, 2.05) is 6.07 Å². The van der Waals surface area contributed by atoms with E-state index in [1.165, 1.54) is 30.2 Å². The Morgan fingerprint density at radius 2 is 1.76 bits per heavy atom. The van der Waals surface area contributed by atoms with Crippen LogP contribution in [-0.4, -0.2) is 78.1 Å². The summed E-state index contributed by atoms with van der Waals surface area (Å²) in [5, 5.41) is 10.3. The van der Waals surface area contributed by atoms with Gasteiger partial charge in [0.1, 0.15) is 12.3 Å². The molecule has 3 N–H and O–H groups in total. The normalized spacial score (nSPS) is 17.0. The zero-order chi connectivity index (χ0) is 32.7. The Balaban J connectivity index is 0.000000501. The summed E-state index contributed by atoms with van der Waals surface area (Å²) in [7, 11) is -4.62. The number of halogens is 3. The third kappa shape index (κ3) is 10.0. The lowest BCUT2D eigenvalue weighted by Gasteiger charge is -2.24. The maximum atomic E-state index is 13.5. The third-order valence-electron chi connectivity index (χ3n) is 7.61. The summed E-state index contributed by atoms with van der Waals surface area (Å²) in [6, 6.07) is 11.8. The average Bonchev–Trinajstić information content (AvgIpc) is 3.32. The molecule has 2 aliphatic rings. The summed E-state index contributed by atoms with van der Waals surface area (Å²) in [6.45, 7) is 0.238. The third-order valence-corrected chi connectivity index (χ3v) is 10.4. The zero-order valence-electron chi connectivity index (χ0n) is 25.3. The SMILES string of the molecule is COc1cc(S(C)(=O)=O)ccc1NCC#Cc1cc2c(NC3CCCCC3)cccc2n1CC(F)(F)F.O=S1(=O)CCNCC1. The van der Waals surface area contributed by atoms with Crippen molar-refractivity contribution < 1.29 is 34.7 Å². The number of rotatable bonds is 7. The molecule has 14 heteroatoms. The van der Waals surface area contributed by atoms with Crippen LogP contribution in [0, 0.1) is 11.8 Å². The van der Waals surface area contributed by atoms with Crippen molar-refractivity contribution in [1.29, 1.82) is 0 Å². The molecule has 1 aliphatic heterocycles. The van der Waals surface area contributed by atoms with Gasteiger partial charge in [0.2, 0.25) is 0 Å². The number of sulfone groups is 2. The minimum absolute atomic E-state index is 0.120. The first-order valence-corrected chi connectivity index (χ1v) is 18.4. The molecule has 2 fully saturated rings. The van der Waals surface area contributed by atoms with Crippen LogP contribution in [0.3, 0.4) is 0 Å². The Kier molecular flexibility index (Phi) is 11.3. The van der Waals surface area contributed by atoms with Crippen molar-refractivity contribution >= 4 is 42.0 Å². The predicted molar refractivity (Wildman–Crippen MR) is 171 cm³/mol. The van der Waals surface area contributed by atoms with Crippen molar-refractivity contribution in [2.24, 2.45) is 0 Å². The van der Waals surface area contributed by atoms with Crippen LogP contribution in [0.4, 0.5) is 24.5 Å². The Bertz CT molecular complexity index is 1740. The van der Waals surface area contributed by atoms with Gasteiger partial charge in [-0.05, 0) is 49.1 Å². The molecule has 5 rings (SSSR count). The summed E-state index contributed by atoms with van der Waals surface area (Å²) < 4.78 is 91.6. The second-order valence-corrected chi connectivity index (χ2v) is 15.5. The van der Waals surface area contributed by atoms with Gasteiger partial charge in [-0.25, -0.2) is 16.8 Å². The van der Waals surface area contributed by atoms with Gasteiger partial charge in [0.25, 0.3) is 0 Å². The van der Waals surface area contributed by atoms with E-state index in [9.17, 15) is 30.0 Å². The van der Waals surface area contributed by atoms with Crippen molar-refractivity contribution in [2.45, 2.75) is 55.8 Å². The molecule has 0 bridgehead atoms. The number of methoxy groups -OCH3 is 1. The molecule has 1 aromatic heterocycles. The van der Waals surface area contributed by atoms with Crippen molar-refractivity contribution in [2.75, 3.05) is 55.1 Å². The average molecular weight is 669 g/mol. The van der Waals surface area contributed by atoms with E-state index in [-0.39, 0.29) is 17.1 Å². The highest BCUT2D eigenvalue weighted by atomic mass is 32.2. The maximum Gasteiger partial charge on any atom is 0.406 e. The molecule has 45 heavy (non-hydrogen) atoms. The number of aromatic nitrogens is 1. The number of nitrogens with zero attached hydrogens (tertiary/aromatic N) is 1. The number of benzene rings is 2. The van der Waals surface area contributed by atoms with Crippen LogP contribution >= 0.6 is 0 Å². The second kappa shape index (κ2) is 14.8. The van der Waals surface area contributed by atoms with Crippen LogP contribution in [0.2, 0.25) is 0 Å². The first-order valence-electron chi connectivity index (χ1n) is 14.7. The molecule has 0 atom stereocenters. The molecule has 2 heterocycles. The highest BCUT2D eigenvalue weighted by molar-refractivity contribution is 7.91. The molecule has 0 radical (unpaired) electrons. The van der Waals surface area contributed by atoms with E-state index in [1.54, 1.807) is 24.3 Å². The second-order valence-electron chi connectivity index (χ2n) is 11.1. The highest BCUT2D eigenvalue weighted by Gasteiger charge is 2.30. The number of ether oxygens (including phenoxy) is 1. The molecule has 0 amide bonds. The zero-order valence-corrected chi connectivity index (χ0v) is 27.0. The van der Waals surface area contributed by atoms with Gasteiger partial charge in [0.15, 0.2) is 19.7 Å². The number of anilines is 2. The number of nitrogens with one attached hydrogen (secondary N) is 3. The van der Waals surface area contributed by atoms with Gasteiger partial charge in [0.05, 0.1) is 47.0 Å². The molecule has 1 saturated heterocycles. The quantitative estimate of drug-likeness (QED) is 0.307. The van der Waals surface area contributed by atoms with E-state index < -0.39 is 32.4 Å². The molecular weight excluding hydrogens is 629 g/mol. The number of alkyl halides is 3. The first kappa shape index (κ1) is 34.5. The van der Waals surface area contributed by atoms with Crippen LogP contribution in [-0.2, 0) is 26.2 Å². The number of fused-ring (bicyclic) bond motifs is 1. The van der Waals surface area contributed by atoms with Gasteiger partial charge in [-0.3, -0.25) is 0 Å². The molecule has 0 spiro atoms. The van der Waals surface area contributed by atoms with Gasteiger partial charge < -0.3 is 25.3 Å². The number of hydrogen-bond donors (Lipinski definition) is 3.